The summed E-state index contributed by atoms with van der Waals surface area (Å²) in [6.45, 7) is 10.6. The van der Waals surface area contributed by atoms with Crippen LogP contribution in [-0.4, -0.2) is 26.4 Å². The van der Waals surface area contributed by atoms with Crippen molar-refractivity contribution in [2.24, 2.45) is 5.92 Å². The number of ether oxygens (including phenoxy) is 1. The van der Waals surface area contributed by atoms with E-state index in [1.807, 2.05) is 30.5 Å². The first-order chi connectivity index (χ1) is 17.3. The number of hydrogen-bond donors (Lipinski definition) is 1. The average molecular weight is 542 g/mol. The molecular weight excluding hydrogens is 514 g/mol. The third-order valence-electron chi connectivity index (χ3n) is 6.09. The quantitative estimate of drug-likeness (QED) is 0.260. The number of rotatable bonds is 9. The molecule has 0 spiro atoms. The number of carbonyl (C=O) groups is 1. The van der Waals surface area contributed by atoms with Gasteiger partial charge in [0.25, 0.3) is 0 Å². The fraction of sp³-hybridized carbons (Fsp3) is 0.385. The van der Waals surface area contributed by atoms with Gasteiger partial charge < -0.3 is 10.1 Å². The topological polar surface area (TPSA) is 92.8 Å². The van der Waals surface area contributed by atoms with E-state index < -0.39 is 0 Å². The highest BCUT2D eigenvalue weighted by Crippen LogP contribution is 2.39. The highest BCUT2D eigenvalue weighted by molar-refractivity contribution is 7.99. The predicted octanol–water partition coefficient (Wildman–Crippen LogP) is 6.10. The fourth-order valence-corrected chi connectivity index (χ4v) is 6.49. The number of benzene rings is 1. The van der Waals surface area contributed by atoms with E-state index in [9.17, 15) is 10.1 Å². The number of aryl methyl sites for hydroxylation is 2. The number of amides is 1. The van der Waals surface area contributed by atoms with Gasteiger partial charge in [0, 0.05) is 16.4 Å². The number of halogens is 1. The molecule has 0 aliphatic heterocycles. The van der Waals surface area contributed by atoms with E-state index >= 15 is 0 Å². The zero-order valence-corrected chi connectivity index (χ0v) is 22.9. The van der Waals surface area contributed by atoms with Gasteiger partial charge in [0.05, 0.1) is 11.3 Å². The van der Waals surface area contributed by atoms with Crippen molar-refractivity contribution in [2.75, 3.05) is 11.1 Å². The number of carbonyl (C=O) groups excluding carboxylic acids is 1. The molecule has 10 heteroatoms. The van der Waals surface area contributed by atoms with Gasteiger partial charge in [-0.25, -0.2) is 0 Å². The summed E-state index contributed by atoms with van der Waals surface area (Å²) in [5, 5.41) is 23.1. The largest absolute Gasteiger partial charge is 0.486 e. The van der Waals surface area contributed by atoms with Crippen molar-refractivity contribution in [2.45, 2.75) is 58.3 Å². The standard InChI is InChI=1S/C26H28ClN5O2S2/c1-5-8-32-22(13-34-18-10-16(3)24(27)17(4)11-18)30-31-26(32)35-14-23(33)29-25-20(12-28)19-7-6-15(2)9-21(19)36-25/h5,10-11,15H,1,6-9,13-14H2,2-4H3,(H,29,33). The minimum absolute atomic E-state index is 0.148. The monoisotopic (exact) mass is 541 g/mol. The molecule has 1 aromatic carbocycles. The number of nitriles is 1. The van der Waals surface area contributed by atoms with Crippen molar-refractivity contribution in [3.63, 3.8) is 0 Å². The van der Waals surface area contributed by atoms with Crippen LogP contribution in [0.5, 0.6) is 5.75 Å². The molecule has 0 saturated carbocycles. The summed E-state index contributed by atoms with van der Waals surface area (Å²) in [6.07, 6.45) is 4.68. The van der Waals surface area contributed by atoms with Crippen LogP contribution in [0, 0.1) is 31.1 Å². The Morgan fingerprint density at radius 2 is 2.17 bits per heavy atom. The number of anilines is 1. The Bertz CT molecular complexity index is 1320. The van der Waals surface area contributed by atoms with Crippen LogP contribution in [0.15, 0.2) is 29.9 Å². The first kappa shape index (κ1) is 26.3. The summed E-state index contributed by atoms with van der Waals surface area (Å²) in [5.74, 6) is 1.91. The van der Waals surface area contributed by atoms with E-state index in [1.165, 1.54) is 28.0 Å². The Balaban J connectivity index is 1.41. The molecule has 0 radical (unpaired) electrons. The molecule has 0 bridgehead atoms. The van der Waals surface area contributed by atoms with Crippen molar-refractivity contribution in [1.82, 2.24) is 14.8 Å². The van der Waals surface area contributed by atoms with E-state index in [0.717, 1.165) is 41.0 Å². The van der Waals surface area contributed by atoms with Crippen molar-refractivity contribution in [1.29, 1.82) is 5.26 Å². The molecule has 36 heavy (non-hydrogen) atoms. The van der Waals surface area contributed by atoms with Gasteiger partial charge in [0.2, 0.25) is 5.91 Å². The highest BCUT2D eigenvalue weighted by Gasteiger charge is 2.25. The van der Waals surface area contributed by atoms with Crippen molar-refractivity contribution >= 4 is 45.6 Å². The summed E-state index contributed by atoms with van der Waals surface area (Å²) < 4.78 is 7.83. The maximum atomic E-state index is 12.8. The van der Waals surface area contributed by atoms with Gasteiger partial charge in [-0.1, -0.05) is 36.4 Å². The number of fused-ring (bicyclic) bond motifs is 1. The van der Waals surface area contributed by atoms with Gasteiger partial charge in [-0.05, 0) is 67.9 Å². The molecule has 1 amide bonds. The van der Waals surface area contributed by atoms with Gasteiger partial charge >= 0.3 is 0 Å². The lowest BCUT2D eigenvalue weighted by atomic mass is 9.89. The van der Waals surface area contributed by atoms with Crippen LogP contribution in [-0.2, 0) is 30.8 Å². The molecule has 188 valence electrons. The van der Waals surface area contributed by atoms with Crippen LogP contribution < -0.4 is 10.1 Å². The Morgan fingerprint density at radius 3 is 2.86 bits per heavy atom. The molecule has 2 aromatic heterocycles. The molecule has 4 rings (SSSR count). The summed E-state index contributed by atoms with van der Waals surface area (Å²) in [6, 6.07) is 6.08. The molecule has 0 saturated heterocycles. The fourth-order valence-electron chi connectivity index (χ4n) is 4.23. The Morgan fingerprint density at radius 1 is 1.42 bits per heavy atom. The number of nitrogens with one attached hydrogen (secondary N) is 1. The molecule has 1 unspecified atom stereocenters. The SMILES string of the molecule is C=CCn1c(COc2cc(C)c(Cl)c(C)c2)nnc1SCC(=O)Nc1sc2c(c1C#N)CCC(C)C2. The number of nitrogens with zero attached hydrogens (tertiary/aromatic N) is 4. The van der Waals surface area contributed by atoms with Gasteiger partial charge in [0.1, 0.15) is 23.4 Å². The Hall–Kier alpha value is -2.80. The number of thioether (sulfide) groups is 1. The molecule has 1 aliphatic carbocycles. The van der Waals surface area contributed by atoms with E-state index in [-0.39, 0.29) is 18.3 Å². The normalized spacial score (nSPS) is 14.7. The summed E-state index contributed by atoms with van der Waals surface area (Å²) in [4.78, 5) is 14.0. The number of thiophene rings is 1. The van der Waals surface area contributed by atoms with Gasteiger partial charge in [-0.2, -0.15) is 5.26 Å². The molecular formula is C26H28ClN5O2S2. The van der Waals surface area contributed by atoms with Crippen LogP contribution in [0.1, 0.15) is 46.3 Å². The van der Waals surface area contributed by atoms with Gasteiger partial charge in [0.15, 0.2) is 11.0 Å². The first-order valence-electron chi connectivity index (χ1n) is 11.7. The zero-order valence-electron chi connectivity index (χ0n) is 20.6. The second kappa shape index (κ2) is 11.5. The van der Waals surface area contributed by atoms with Crippen molar-refractivity contribution < 1.29 is 9.53 Å². The Kier molecular flexibility index (Phi) is 8.39. The summed E-state index contributed by atoms with van der Waals surface area (Å²) in [7, 11) is 0. The van der Waals surface area contributed by atoms with Crippen LogP contribution in [0.4, 0.5) is 5.00 Å². The van der Waals surface area contributed by atoms with Crippen molar-refractivity contribution in [3.05, 3.63) is 62.8 Å². The minimum Gasteiger partial charge on any atom is -0.486 e. The number of aromatic nitrogens is 3. The summed E-state index contributed by atoms with van der Waals surface area (Å²) >= 11 is 9.07. The second-order valence-electron chi connectivity index (χ2n) is 8.96. The maximum absolute atomic E-state index is 12.8. The van der Waals surface area contributed by atoms with E-state index in [2.05, 4.69) is 35.1 Å². The van der Waals surface area contributed by atoms with E-state index in [4.69, 9.17) is 16.3 Å². The predicted molar refractivity (Wildman–Crippen MR) is 145 cm³/mol. The smallest absolute Gasteiger partial charge is 0.235 e. The molecule has 1 aliphatic rings. The molecule has 2 heterocycles. The average Bonchev–Trinajstić information content (AvgIpc) is 3.39. The lowest BCUT2D eigenvalue weighted by Crippen LogP contribution is -2.15. The lowest BCUT2D eigenvalue weighted by molar-refractivity contribution is -0.113. The molecule has 1 atom stereocenters. The summed E-state index contributed by atoms with van der Waals surface area (Å²) in [5.41, 5.74) is 3.61. The van der Waals surface area contributed by atoms with Crippen molar-refractivity contribution in [3.8, 4) is 11.8 Å². The van der Waals surface area contributed by atoms with Crippen LogP contribution in [0.2, 0.25) is 5.02 Å². The molecule has 7 nitrogen and oxygen atoms in total. The lowest BCUT2D eigenvalue weighted by Gasteiger charge is -2.17. The molecule has 0 fully saturated rings. The Labute approximate surface area is 224 Å². The van der Waals surface area contributed by atoms with Crippen LogP contribution in [0.3, 0.4) is 0 Å². The number of hydrogen-bond acceptors (Lipinski definition) is 7. The molecule has 1 N–H and O–H groups in total. The third-order valence-corrected chi connectivity index (χ3v) is 8.82. The van der Waals surface area contributed by atoms with E-state index in [1.54, 1.807) is 6.08 Å². The number of allylic oxidation sites excluding steroid dienone is 1. The maximum Gasteiger partial charge on any atom is 0.235 e. The van der Waals surface area contributed by atoms with Crippen LogP contribution >= 0.6 is 34.7 Å². The van der Waals surface area contributed by atoms with E-state index in [0.29, 0.717) is 39.8 Å². The zero-order chi connectivity index (χ0) is 25.8. The van der Waals surface area contributed by atoms with Crippen LogP contribution in [0.25, 0.3) is 0 Å². The minimum atomic E-state index is -0.179. The molecule has 3 aromatic rings. The second-order valence-corrected chi connectivity index (χ2v) is 11.4. The highest BCUT2D eigenvalue weighted by atomic mass is 35.5. The van der Waals surface area contributed by atoms with Gasteiger partial charge in [-0.3, -0.25) is 9.36 Å². The van der Waals surface area contributed by atoms with Gasteiger partial charge in [-0.15, -0.1) is 28.1 Å². The first-order valence-corrected chi connectivity index (χ1v) is 13.9. The third kappa shape index (κ3) is 5.77.